The zero-order chi connectivity index (χ0) is 16.6. The van der Waals surface area contributed by atoms with Crippen molar-refractivity contribution >= 4 is 21.1 Å². The quantitative estimate of drug-likeness (QED) is 0.896. The van der Waals surface area contributed by atoms with Gasteiger partial charge in [-0.25, -0.2) is 0 Å². The van der Waals surface area contributed by atoms with Crippen LogP contribution in [0.4, 0.5) is 0 Å². The van der Waals surface area contributed by atoms with E-state index in [1.54, 1.807) is 18.2 Å². The minimum atomic E-state index is -4.05. The molecule has 6 heteroatoms. The fraction of sp³-hybridized carbons (Fsp3) is 0.412. The summed E-state index contributed by atoms with van der Waals surface area (Å²) >= 11 is 0. The highest BCUT2D eigenvalue weighted by Gasteiger charge is 2.25. The van der Waals surface area contributed by atoms with Crippen LogP contribution in [0.15, 0.2) is 24.3 Å². The van der Waals surface area contributed by atoms with Gasteiger partial charge in [-0.1, -0.05) is 19.4 Å². The summed E-state index contributed by atoms with van der Waals surface area (Å²) in [5, 5.41) is 17.2. The number of phenolic OH excluding ortho intramolecular Hbond substituents is 1. The van der Waals surface area contributed by atoms with Crippen molar-refractivity contribution in [1.82, 2.24) is 0 Å². The summed E-state index contributed by atoms with van der Waals surface area (Å²) in [7, 11) is -4.05. The SMILES string of the molecule is CCCC1CCCc2c1c(O)cc1cc(OS(N)(=O)=O)ccc21. The average Bonchev–Trinajstić information content (AvgIpc) is 2.45. The van der Waals surface area contributed by atoms with Gasteiger partial charge in [-0.05, 0) is 66.1 Å². The molecule has 0 saturated carbocycles. The minimum absolute atomic E-state index is 0.153. The summed E-state index contributed by atoms with van der Waals surface area (Å²) in [5.74, 6) is 0.840. The molecule has 0 heterocycles. The van der Waals surface area contributed by atoms with Crippen LogP contribution in [-0.4, -0.2) is 13.5 Å². The Hall–Kier alpha value is -1.79. The minimum Gasteiger partial charge on any atom is -0.508 e. The Balaban J connectivity index is 2.13. The van der Waals surface area contributed by atoms with Crippen molar-refractivity contribution in [1.29, 1.82) is 0 Å². The van der Waals surface area contributed by atoms with Gasteiger partial charge in [-0.3, -0.25) is 0 Å². The summed E-state index contributed by atoms with van der Waals surface area (Å²) in [6, 6.07) is 6.75. The van der Waals surface area contributed by atoms with E-state index in [2.05, 4.69) is 6.92 Å². The molecule has 0 aliphatic heterocycles. The first kappa shape index (κ1) is 16.1. The van der Waals surface area contributed by atoms with Crippen molar-refractivity contribution in [2.45, 2.75) is 44.9 Å². The van der Waals surface area contributed by atoms with Gasteiger partial charge in [0.25, 0.3) is 0 Å². The van der Waals surface area contributed by atoms with Gasteiger partial charge in [0, 0.05) is 5.56 Å². The molecule has 0 saturated heterocycles. The van der Waals surface area contributed by atoms with Crippen LogP contribution >= 0.6 is 0 Å². The van der Waals surface area contributed by atoms with Crippen molar-refractivity contribution in [3.8, 4) is 11.5 Å². The van der Waals surface area contributed by atoms with Gasteiger partial charge in [-0.2, -0.15) is 13.6 Å². The maximum Gasteiger partial charge on any atom is 0.380 e. The van der Waals surface area contributed by atoms with Crippen LogP contribution in [0.3, 0.4) is 0 Å². The first-order valence-corrected chi connectivity index (χ1v) is 9.37. The Labute approximate surface area is 136 Å². The maximum absolute atomic E-state index is 11.1. The summed E-state index contributed by atoms with van der Waals surface area (Å²) in [6.45, 7) is 2.16. The molecule has 2 aromatic rings. The number of benzene rings is 2. The Bertz CT molecular complexity index is 845. The molecule has 0 radical (unpaired) electrons. The molecular formula is C17H21NO4S. The number of nitrogens with two attached hydrogens (primary N) is 1. The molecule has 23 heavy (non-hydrogen) atoms. The van der Waals surface area contributed by atoms with Gasteiger partial charge in [0.05, 0.1) is 0 Å². The Kier molecular flexibility index (Phi) is 4.21. The lowest BCUT2D eigenvalue weighted by Crippen LogP contribution is -2.18. The number of fused-ring (bicyclic) bond motifs is 3. The molecular weight excluding hydrogens is 314 g/mol. The third-order valence-electron chi connectivity index (χ3n) is 4.48. The number of phenols is 1. The predicted molar refractivity (Wildman–Crippen MR) is 89.9 cm³/mol. The lowest BCUT2D eigenvalue weighted by Gasteiger charge is -2.27. The van der Waals surface area contributed by atoms with Crippen LogP contribution in [0.1, 0.15) is 49.7 Å². The molecule has 0 aromatic heterocycles. The smallest absolute Gasteiger partial charge is 0.380 e. The highest BCUT2D eigenvalue weighted by atomic mass is 32.2. The molecule has 1 aliphatic rings. The first-order valence-electron chi connectivity index (χ1n) is 7.89. The lowest BCUT2D eigenvalue weighted by molar-refractivity contribution is 0.438. The van der Waals surface area contributed by atoms with E-state index in [-0.39, 0.29) is 5.75 Å². The molecule has 1 atom stereocenters. The standard InChI is InChI=1S/C17H21NO4S/c1-2-4-11-5-3-6-15-14-8-7-13(22-23(18,20)21)9-12(14)10-16(19)17(11)15/h7-11,19H,2-6H2,1H3,(H2,18,20,21). The average molecular weight is 335 g/mol. The summed E-state index contributed by atoms with van der Waals surface area (Å²) in [4.78, 5) is 0. The second kappa shape index (κ2) is 6.02. The highest BCUT2D eigenvalue weighted by molar-refractivity contribution is 7.84. The molecule has 1 unspecified atom stereocenters. The van der Waals surface area contributed by atoms with Crippen LogP contribution < -0.4 is 9.32 Å². The van der Waals surface area contributed by atoms with Crippen molar-refractivity contribution < 1.29 is 17.7 Å². The number of aryl methyl sites for hydroxylation is 1. The van der Waals surface area contributed by atoms with Crippen molar-refractivity contribution in [2.24, 2.45) is 5.14 Å². The fourth-order valence-corrected chi connectivity index (χ4v) is 4.05. The molecule has 5 nitrogen and oxygen atoms in total. The Morgan fingerprint density at radius 2 is 2.13 bits per heavy atom. The zero-order valence-electron chi connectivity index (χ0n) is 13.1. The first-order chi connectivity index (χ1) is 10.9. The molecule has 1 aliphatic carbocycles. The molecule has 3 N–H and O–H groups in total. The van der Waals surface area contributed by atoms with E-state index in [9.17, 15) is 13.5 Å². The van der Waals surface area contributed by atoms with Crippen LogP contribution in [0.5, 0.6) is 11.5 Å². The third-order valence-corrected chi connectivity index (χ3v) is 4.90. The molecule has 0 fully saturated rings. The van der Waals surface area contributed by atoms with Gasteiger partial charge in [-0.15, -0.1) is 0 Å². The number of rotatable bonds is 4. The second-order valence-electron chi connectivity index (χ2n) is 6.12. The molecule has 124 valence electrons. The molecule has 3 rings (SSSR count). The summed E-state index contributed by atoms with van der Waals surface area (Å²) in [5.41, 5.74) is 2.23. The summed E-state index contributed by atoms with van der Waals surface area (Å²) < 4.78 is 26.8. The number of hydrogen-bond acceptors (Lipinski definition) is 4. The van der Waals surface area contributed by atoms with Crippen LogP contribution in [0.25, 0.3) is 10.8 Å². The van der Waals surface area contributed by atoms with E-state index < -0.39 is 10.3 Å². The van der Waals surface area contributed by atoms with E-state index in [1.807, 2.05) is 6.07 Å². The predicted octanol–water partition coefficient (Wildman–Crippen LogP) is 3.35. The van der Waals surface area contributed by atoms with Gasteiger partial charge in [0.15, 0.2) is 0 Å². The number of aromatic hydroxyl groups is 1. The monoisotopic (exact) mass is 335 g/mol. The lowest BCUT2D eigenvalue weighted by atomic mass is 9.78. The van der Waals surface area contributed by atoms with Crippen molar-refractivity contribution in [3.05, 3.63) is 35.4 Å². The summed E-state index contributed by atoms with van der Waals surface area (Å²) in [6.07, 6.45) is 5.29. The van der Waals surface area contributed by atoms with Crippen molar-refractivity contribution in [2.75, 3.05) is 0 Å². The van der Waals surface area contributed by atoms with E-state index in [1.165, 1.54) is 5.56 Å². The van der Waals surface area contributed by atoms with Gasteiger partial charge < -0.3 is 9.29 Å². The highest BCUT2D eigenvalue weighted by Crippen LogP contribution is 2.44. The van der Waals surface area contributed by atoms with Crippen LogP contribution in [0, 0.1) is 0 Å². The van der Waals surface area contributed by atoms with E-state index in [0.717, 1.165) is 48.4 Å². The largest absolute Gasteiger partial charge is 0.508 e. The van der Waals surface area contributed by atoms with E-state index >= 15 is 0 Å². The third kappa shape index (κ3) is 3.28. The number of hydrogen-bond donors (Lipinski definition) is 2. The van der Waals surface area contributed by atoms with Gasteiger partial charge >= 0.3 is 10.3 Å². The van der Waals surface area contributed by atoms with Crippen LogP contribution in [-0.2, 0) is 16.7 Å². The Morgan fingerprint density at radius 1 is 1.35 bits per heavy atom. The normalized spacial score (nSPS) is 17.9. The fourth-order valence-electron chi connectivity index (χ4n) is 3.68. The zero-order valence-corrected chi connectivity index (χ0v) is 13.9. The van der Waals surface area contributed by atoms with Gasteiger partial charge in [0.2, 0.25) is 0 Å². The second-order valence-corrected chi connectivity index (χ2v) is 7.28. The van der Waals surface area contributed by atoms with E-state index in [4.69, 9.17) is 9.32 Å². The molecule has 2 aromatic carbocycles. The Morgan fingerprint density at radius 3 is 2.83 bits per heavy atom. The molecule has 0 spiro atoms. The molecule has 0 amide bonds. The topological polar surface area (TPSA) is 89.6 Å². The molecule has 0 bridgehead atoms. The maximum atomic E-state index is 11.1. The van der Waals surface area contributed by atoms with Gasteiger partial charge in [0.1, 0.15) is 11.5 Å². The van der Waals surface area contributed by atoms with Crippen molar-refractivity contribution in [3.63, 3.8) is 0 Å². The van der Waals surface area contributed by atoms with Crippen LogP contribution in [0.2, 0.25) is 0 Å². The van der Waals surface area contributed by atoms with E-state index in [0.29, 0.717) is 11.7 Å².